The maximum absolute atomic E-state index is 5.39. The predicted molar refractivity (Wildman–Crippen MR) is 36.6 cm³/mol. The zero-order valence-corrected chi connectivity index (χ0v) is 5.84. The van der Waals surface area contributed by atoms with Crippen LogP contribution in [0.5, 0.6) is 0 Å². The summed E-state index contributed by atoms with van der Waals surface area (Å²) in [5.41, 5.74) is 0. The third-order valence-corrected chi connectivity index (χ3v) is 0.661. The number of halogens is 1. The van der Waals surface area contributed by atoms with Gasteiger partial charge in [-0.15, -0.1) is 0 Å². The molecule has 1 nitrogen and oxygen atoms in total. The highest BCUT2D eigenvalue weighted by atomic mass is 35.5. The van der Waals surface area contributed by atoms with Crippen LogP contribution in [0.4, 0.5) is 0 Å². The molecular formula is C4H8ClNS. The molecule has 0 aliphatic heterocycles. The van der Waals surface area contributed by atoms with Gasteiger partial charge in [-0.25, -0.2) is 0 Å². The van der Waals surface area contributed by atoms with Crippen LogP contribution in [-0.4, -0.2) is 17.9 Å². The molecule has 7 heavy (non-hydrogen) atoms. The minimum Gasteiger partial charge on any atom is -0.251 e. The van der Waals surface area contributed by atoms with Crippen LogP contribution < -0.4 is 0 Å². The molecule has 0 aromatic carbocycles. The van der Waals surface area contributed by atoms with Crippen LogP contribution in [0.15, 0.2) is 11.6 Å². The van der Waals surface area contributed by atoms with Crippen LogP contribution in [0.3, 0.4) is 0 Å². The van der Waals surface area contributed by atoms with Crippen molar-refractivity contribution in [1.82, 2.24) is 4.31 Å². The summed E-state index contributed by atoms with van der Waals surface area (Å²) in [6.07, 6.45) is 0. The van der Waals surface area contributed by atoms with Crippen molar-refractivity contribution in [3.05, 3.63) is 11.6 Å². The number of nitrogens with zero attached hydrogens (tertiary/aromatic N) is 1. The molecule has 0 rings (SSSR count). The fraction of sp³-hybridized carbons (Fsp3) is 0.500. The van der Waals surface area contributed by atoms with Gasteiger partial charge in [0.1, 0.15) is 0 Å². The van der Waals surface area contributed by atoms with E-state index in [1.54, 1.807) is 4.31 Å². The molecule has 0 unspecified atom stereocenters. The largest absolute Gasteiger partial charge is 0.251 e. The molecule has 0 aromatic rings. The molecule has 0 saturated carbocycles. The Hall–Kier alpha value is 0.340. The predicted octanol–water partition coefficient (Wildman–Crippen LogP) is 1.52. The Morgan fingerprint density at radius 2 is 2.43 bits per heavy atom. The number of likely N-dealkylation sites (N-methyl/N-ethyl adjacent to an activating group) is 1. The Labute approximate surface area is 54.5 Å². The number of thiol groups is 1. The molecule has 0 aliphatic rings. The highest BCUT2D eigenvalue weighted by Crippen LogP contribution is 1.99. The maximum atomic E-state index is 5.39. The molecule has 3 heteroatoms. The summed E-state index contributed by atoms with van der Waals surface area (Å²) in [6, 6.07) is 0. The Balaban J connectivity index is 3.13. The van der Waals surface area contributed by atoms with Crippen LogP contribution in [0.1, 0.15) is 0 Å². The van der Waals surface area contributed by atoms with Gasteiger partial charge >= 0.3 is 0 Å². The molecule has 0 saturated heterocycles. The van der Waals surface area contributed by atoms with E-state index in [1.807, 2.05) is 7.05 Å². The summed E-state index contributed by atoms with van der Waals surface area (Å²) in [5, 5.41) is 0.609. The van der Waals surface area contributed by atoms with Crippen LogP contribution in [0.25, 0.3) is 0 Å². The van der Waals surface area contributed by atoms with Crippen molar-refractivity contribution in [1.29, 1.82) is 0 Å². The molecule has 0 bridgehead atoms. The van der Waals surface area contributed by atoms with Gasteiger partial charge in [-0.3, -0.25) is 4.31 Å². The topological polar surface area (TPSA) is 3.24 Å². The molecule has 0 atom stereocenters. The minimum absolute atomic E-state index is 0.609. The molecular weight excluding hydrogens is 130 g/mol. The third kappa shape index (κ3) is 6.34. The van der Waals surface area contributed by atoms with Crippen LogP contribution in [0.2, 0.25) is 0 Å². The highest BCUT2D eigenvalue weighted by molar-refractivity contribution is 7.77. The molecule has 0 fully saturated rings. The minimum atomic E-state index is 0.609. The van der Waals surface area contributed by atoms with Crippen LogP contribution >= 0.6 is 24.4 Å². The first-order valence-electron chi connectivity index (χ1n) is 1.86. The molecule has 0 amide bonds. The van der Waals surface area contributed by atoms with Gasteiger partial charge in [0.25, 0.3) is 0 Å². The smallest absolute Gasteiger partial charge is 0.0437 e. The summed E-state index contributed by atoms with van der Waals surface area (Å²) in [5.74, 6) is 0. The fourth-order valence-corrected chi connectivity index (χ4v) is 0.682. The summed E-state index contributed by atoms with van der Waals surface area (Å²) in [7, 11) is 1.82. The van der Waals surface area contributed by atoms with Gasteiger partial charge in [-0.05, 0) is 7.05 Å². The van der Waals surface area contributed by atoms with Crippen LogP contribution in [0, 0.1) is 0 Å². The van der Waals surface area contributed by atoms with E-state index in [0.29, 0.717) is 11.6 Å². The van der Waals surface area contributed by atoms with Crippen molar-refractivity contribution in [2.45, 2.75) is 0 Å². The average Bonchev–Trinajstić information content (AvgIpc) is 1.27. The second-order valence-corrected chi connectivity index (χ2v) is 2.55. The van der Waals surface area contributed by atoms with E-state index in [2.05, 4.69) is 19.4 Å². The van der Waals surface area contributed by atoms with Gasteiger partial charge in [-0.2, -0.15) is 0 Å². The first-order chi connectivity index (χ1) is 3.13. The second kappa shape index (κ2) is 3.36. The normalized spacial score (nSPS) is 9.71. The quantitative estimate of drug-likeness (QED) is 0.565. The lowest BCUT2D eigenvalue weighted by Crippen LogP contribution is -2.05. The summed E-state index contributed by atoms with van der Waals surface area (Å²) in [4.78, 5) is 0. The Kier molecular flexibility index (Phi) is 3.52. The lowest BCUT2D eigenvalue weighted by Gasteiger charge is -2.03. The van der Waals surface area contributed by atoms with Crippen LogP contribution in [-0.2, 0) is 0 Å². The lowest BCUT2D eigenvalue weighted by atomic mass is 10.6. The van der Waals surface area contributed by atoms with Gasteiger partial charge in [0.2, 0.25) is 0 Å². The third-order valence-electron chi connectivity index (χ3n) is 0.400. The van der Waals surface area contributed by atoms with Crippen molar-refractivity contribution in [2.24, 2.45) is 0 Å². The van der Waals surface area contributed by atoms with Gasteiger partial charge < -0.3 is 0 Å². The number of hydrogen-bond acceptors (Lipinski definition) is 2. The SMILES string of the molecule is C=C(Cl)CN(C)S. The van der Waals surface area contributed by atoms with Crippen molar-refractivity contribution in [3.8, 4) is 0 Å². The molecule has 0 spiro atoms. The van der Waals surface area contributed by atoms with E-state index >= 15 is 0 Å². The van der Waals surface area contributed by atoms with Gasteiger partial charge in [0.05, 0.1) is 0 Å². The molecule has 0 aromatic heterocycles. The summed E-state index contributed by atoms with van der Waals surface area (Å²) >= 11 is 9.31. The molecule has 0 radical (unpaired) electrons. The molecule has 0 N–H and O–H groups in total. The Morgan fingerprint density at radius 3 is 2.43 bits per heavy atom. The van der Waals surface area contributed by atoms with E-state index in [0.717, 1.165) is 0 Å². The number of hydrogen-bond donors (Lipinski definition) is 1. The Morgan fingerprint density at radius 1 is 2.00 bits per heavy atom. The lowest BCUT2D eigenvalue weighted by molar-refractivity contribution is 0.640. The second-order valence-electron chi connectivity index (χ2n) is 1.33. The van der Waals surface area contributed by atoms with E-state index in [9.17, 15) is 0 Å². The first kappa shape index (κ1) is 7.34. The van der Waals surface area contributed by atoms with Gasteiger partial charge in [-0.1, -0.05) is 31.0 Å². The van der Waals surface area contributed by atoms with E-state index in [-0.39, 0.29) is 0 Å². The van der Waals surface area contributed by atoms with Gasteiger partial charge in [0, 0.05) is 11.6 Å². The van der Waals surface area contributed by atoms with Crippen molar-refractivity contribution in [3.63, 3.8) is 0 Å². The molecule has 42 valence electrons. The zero-order valence-electron chi connectivity index (χ0n) is 4.19. The van der Waals surface area contributed by atoms with E-state index in [1.165, 1.54) is 0 Å². The first-order valence-corrected chi connectivity index (χ1v) is 2.64. The van der Waals surface area contributed by atoms with Crippen molar-refractivity contribution >= 4 is 24.4 Å². The standard InChI is InChI=1S/C4H8ClNS/c1-4(5)3-6(2)7/h7H,1,3H2,2H3. The summed E-state index contributed by atoms with van der Waals surface area (Å²) < 4.78 is 1.66. The average molecular weight is 138 g/mol. The monoisotopic (exact) mass is 137 g/mol. The van der Waals surface area contributed by atoms with Crippen molar-refractivity contribution < 1.29 is 0 Å². The summed E-state index contributed by atoms with van der Waals surface area (Å²) in [6.45, 7) is 4.10. The number of rotatable bonds is 2. The Bertz CT molecular complexity index is 72.1. The molecule has 0 aliphatic carbocycles. The highest BCUT2D eigenvalue weighted by Gasteiger charge is 1.88. The zero-order chi connectivity index (χ0) is 5.86. The molecule has 0 heterocycles. The van der Waals surface area contributed by atoms with Crippen molar-refractivity contribution in [2.75, 3.05) is 13.6 Å². The fourth-order valence-electron chi connectivity index (χ4n) is 0.248. The van der Waals surface area contributed by atoms with E-state index in [4.69, 9.17) is 11.6 Å². The van der Waals surface area contributed by atoms with Gasteiger partial charge in [0.15, 0.2) is 0 Å². The van der Waals surface area contributed by atoms with E-state index < -0.39 is 0 Å². The maximum Gasteiger partial charge on any atom is 0.0437 e.